The maximum Gasteiger partial charge on any atom is 0.0698 e. The van der Waals surface area contributed by atoms with Crippen LogP contribution >= 0.6 is 0 Å². The van der Waals surface area contributed by atoms with Crippen molar-refractivity contribution < 1.29 is 25.5 Å². The molecule has 0 bridgehead atoms. The molecule has 0 aliphatic heterocycles. The number of hydrogen-bond donors (Lipinski definition) is 3. The van der Waals surface area contributed by atoms with E-state index in [2.05, 4.69) is 11.7 Å². The zero-order valence-corrected chi connectivity index (χ0v) is 8.20. The van der Waals surface area contributed by atoms with Crippen molar-refractivity contribution in [2.45, 2.75) is 19.8 Å². The summed E-state index contributed by atoms with van der Waals surface area (Å²) in [5.41, 5.74) is 0. The van der Waals surface area contributed by atoms with E-state index in [0.717, 1.165) is 12.8 Å². The Balaban J connectivity index is -0.000000150. The molecule has 0 aromatic rings. The maximum atomic E-state index is 8.09. The molecule has 0 aliphatic rings. The van der Waals surface area contributed by atoms with Gasteiger partial charge in [0.1, 0.15) is 0 Å². The lowest BCUT2D eigenvalue weighted by Gasteiger charge is -1.94. The van der Waals surface area contributed by atoms with E-state index in [4.69, 9.17) is 15.3 Å². The molecule has 0 aromatic carbocycles. The topological polar surface area (TPSA) is 101 Å². The summed E-state index contributed by atoms with van der Waals surface area (Å²) in [5.74, 6) is 0. The molecule has 0 amide bonds. The highest BCUT2D eigenvalue weighted by molar-refractivity contribution is 4.24. The summed E-state index contributed by atoms with van der Waals surface area (Å²) in [6, 6.07) is 0. The van der Waals surface area contributed by atoms with Gasteiger partial charge in [0.15, 0.2) is 0 Å². The largest absolute Gasteiger partial charge is 0.412 e. The van der Waals surface area contributed by atoms with Crippen LogP contribution < -0.4 is 0 Å². The van der Waals surface area contributed by atoms with Crippen molar-refractivity contribution in [3.8, 4) is 0 Å². The summed E-state index contributed by atoms with van der Waals surface area (Å²) in [6.07, 6.45) is 2.04. The second-order valence-electron chi connectivity index (χ2n) is 2.14. The number of ether oxygens (including phenoxy) is 1. The molecule has 0 rings (SSSR count). The van der Waals surface area contributed by atoms with E-state index < -0.39 is 0 Å². The Labute approximate surface area is 79.3 Å². The Hall–Kier alpha value is -0.200. The predicted molar refractivity (Wildman–Crippen MR) is 50.6 cm³/mol. The monoisotopic (exact) mass is 198 g/mol. The molecule has 0 heterocycles. The Morgan fingerprint density at radius 3 is 1.54 bits per heavy atom. The van der Waals surface area contributed by atoms with E-state index >= 15 is 0 Å². The minimum Gasteiger partial charge on any atom is -0.412 e. The first-order chi connectivity index (χ1) is 5.83. The van der Waals surface area contributed by atoms with Gasteiger partial charge in [-0.1, -0.05) is 13.3 Å². The van der Waals surface area contributed by atoms with Crippen LogP contribution in [0.15, 0.2) is 0 Å². The zero-order chi connectivity index (χ0) is 9.66. The number of hydrogen-bond acceptors (Lipinski definition) is 4. The molecule has 84 valence electrons. The molecule has 5 N–H and O–H groups in total. The first-order valence-corrected chi connectivity index (χ1v) is 4.23. The van der Waals surface area contributed by atoms with E-state index in [1.165, 1.54) is 0 Å². The number of unbranched alkanes of at least 4 members (excludes halogenated alkanes) is 1. The van der Waals surface area contributed by atoms with Gasteiger partial charge in [-0.2, -0.15) is 0 Å². The average molecular weight is 198 g/mol. The maximum absolute atomic E-state index is 8.09. The summed E-state index contributed by atoms with van der Waals surface area (Å²) in [4.78, 5) is 0. The molecule has 0 saturated carbocycles. The summed E-state index contributed by atoms with van der Waals surface area (Å²) >= 11 is 0. The fourth-order valence-electron chi connectivity index (χ4n) is 0.389. The lowest BCUT2D eigenvalue weighted by Crippen LogP contribution is -2.03. The molecule has 0 radical (unpaired) electrons. The van der Waals surface area contributed by atoms with Gasteiger partial charge in [0, 0.05) is 6.61 Å². The van der Waals surface area contributed by atoms with E-state index in [0.29, 0.717) is 19.8 Å². The first kappa shape index (κ1) is 18.6. The van der Waals surface area contributed by atoms with Gasteiger partial charge in [-0.3, -0.25) is 0 Å². The van der Waals surface area contributed by atoms with E-state index in [-0.39, 0.29) is 18.7 Å². The Bertz CT molecular complexity index is 54.5. The summed E-state index contributed by atoms with van der Waals surface area (Å²) < 4.78 is 4.63. The van der Waals surface area contributed by atoms with Gasteiger partial charge in [0.2, 0.25) is 0 Å². The van der Waals surface area contributed by atoms with E-state index in [1.807, 2.05) is 0 Å². The van der Waals surface area contributed by atoms with Crippen LogP contribution in [0.4, 0.5) is 0 Å². The van der Waals surface area contributed by atoms with E-state index in [9.17, 15) is 0 Å². The molecule has 0 spiro atoms. The second-order valence-corrected chi connectivity index (χ2v) is 2.14. The standard InChI is InChI=1S/C4H10O3.C4H10O.H2O/c5-1-3-7-4-2-6;1-2-3-4-5;/h5-6H,1-4H2;5H,2-4H2,1H3;1H2. The smallest absolute Gasteiger partial charge is 0.0698 e. The zero-order valence-electron chi connectivity index (χ0n) is 8.20. The molecular weight excluding hydrogens is 176 g/mol. The van der Waals surface area contributed by atoms with Crippen molar-refractivity contribution in [3.05, 3.63) is 0 Å². The lowest BCUT2D eigenvalue weighted by molar-refractivity contribution is 0.0650. The molecular formula is C8H22O5. The first-order valence-electron chi connectivity index (χ1n) is 4.23. The van der Waals surface area contributed by atoms with Crippen LogP contribution in [0.1, 0.15) is 19.8 Å². The summed E-state index contributed by atoms with van der Waals surface area (Å²) in [5, 5.41) is 24.2. The SMILES string of the molecule is CCCCO.O.OCCOCCO. The van der Waals surface area contributed by atoms with Gasteiger partial charge in [-0.25, -0.2) is 0 Å². The normalized spacial score (nSPS) is 8.31. The van der Waals surface area contributed by atoms with Crippen LogP contribution in [-0.2, 0) is 4.74 Å². The fraction of sp³-hybridized carbons (Fsp3) is 1.00. The lowest BCUT2D eigenvalue weighted by atomic mass is 10.4. The molecule has 0 aliphatic carbocycles. The van der Waals surface area contributed by atoms with Crippen molar-refractivity contribution in [2.75, 3.05) is 33.0 Å². The fourth-order valence-corrected chi connectivity index (χ4v) is 0.389. The minimum absolute atomic E-state index is 0. The average Bonchev–Trinajstić information content (AvgIpc) is 2.08. The predicted octanol–water partition coefficient (Wildman–Crippen LogP) is -1.06. The Kier molecular flexibility index (Phi) is 32.3. The summed E-state index contributed by atoms with van der Waals surface area (Å²) in [7, 11) is 0. The van der Waals surface area contributed by atoms with Crippen LogP contribution in [0.3, 0.4) is 0 Å². The minimum atomic E-state index is 0. The highest BCUT2D eigenvalue weighted by Gasteiger charge is 1.79. The second kappa shape index (κ2) is 22.6. The number of rotatable bonds is 6. The van der Waals surface area contributed by atoms with Crippen molar-refractivity contribution in [3.63, 3.8) is 0 Å². The Morgan fingerprint density at radius 2 is 1.38 bits per heavy atom. The van der Waals surface area contributed by atoms with Gasteiger partial charge in [0.05, 0.1) is 26.4 Å². The van der Waals surface area contributed by atoms with Gasteiger partial charge in [-0.15, -0.1) is 0 Å². The molecule has 5 nitrogen and oxygen atoms in total. The molecule has 13 heavy (non-hydrogen) atoms. The van der Waals surface area contributed by atoms with Gasteiger partial charge in [-0.05, 0) is 6.42 Å². The van der Waals surface area contributed by atoms with Crippen LogP contribution in [0.5, 0.6) is 0 Å². The van der Waals surface area contributed by atoms with E-state index in [1.54, 1.807) is 0 Å². The summed E-state index contributed by atoms with van der Waals surface area (Å²) in [6.45, 7) is 3.09. The van der Waals surface area contributed by atoms with Crippen molar-refractivity contribution in [2.24, 2.45) is 0 Å². The third kappa shape index (κ3) is 33.7. The van der Waals surface area contributed by atoms with Crippen molar-refractivity contribution in [1.29, 1.82) is 0 Å². The molecule has 0 unspecified atom stereocenters. The van der Waals surface area contributed by atoms with Gasteiger partial charge < -0.3 is 25.5 Å². The quantitative estimate of drug-likeness (QED) is 0.473. The molecule has 0 saturated heterocycles. The third-order valence-electron chi connectivity index (χ3n) is 0.983. The highest BCUT2D eigenvalue weighted by Crippen LogP contribution is 1.78. The number of aliphatic hydroxyl groups excluding tert-OH is 3. The van der Waals surface area contributed by atoms with Crippen LogP contribution in [0.2, 0.25) is 0 Å². The molecule has 0 atom stereocenters. The third-order valence-corrected chi connectivity index (χ3v) is 0.983. The van der Waals surface area contributed by atoms with Gasteiger partial charge >= 0.3 is 0 Å². The Morgan fingerprint density at radius 1 is 0.923 bits per heavy atom. The van der Waals surface area contributed by atoms with Crippen molar-refractivity contribution >= 4 is 0 Å². The van der Waals surface area contributed by atoms with Crippen LogP contribution in [0.25, 0.3) is 0 Å². The molecule has 0 aromatic heterocycles. The molecule has 5 heteroatoms. The van der Waals surface area contributed by atoms with Gasteiger partial charge in [0.25, 0.3) is 0 Å². The highest BCUT2D eigenvalue weighted by atomic mass is 16.5. The molecule has 0 fully saturated rings. The van der Waals surface area contributed by atoms with Crippen LogP contribution in [0, 0.1) is 0 Å². The number of aliphatic hydroxyl groups is 3. The van der Waals surface area contributed by atoms with Crippen LogP contribution in [-0.4, -0.2) is 53.8 Å². The van der Waals surface area contributed by atoms with Crippen molar-refractivity contribution in [1.82, 2.24) is 0 Å².